The fraction of sp³-hybridized carbons (Fsp3) is 0.500. The van der Waals surface area contributed by atoms with Crippen LogP contribution >= 0.6 is 0 Å². The molecule has 0 spiro atoms. The third kappa shape index (κ3) is 2.32. The summed E-state index contributed by atoms with van der Waals surface area (Å²) in [6.07, 6.45) is 9.21. The highest BCUT2D eigenvalue weighted by Gasteiger charge is 2.22. The first kappa shape index (κ1) is 10.9. The van der Waals surface area contributed by atoms with Gasteiger partial charge in [-0.25, -0.2) is 0 Å². The van der Waals surface area contributed by atoms with Crippen molar-refractivity contribution in [2.24, 2.45) is 0 Å². The molecule has 0 saturated carbocycles. The van der Waals surface area contributed by atoms with Gasteiger partial charge in [0.05, 0.1) is 6.04 Å². The van der Waals surface area contributed by atoms with E-state index in [4.69, 9.17) is 0 Å². The van der Waals surface area contributed by atoms with E-state index in [-0.39, 0.29) is 5.91 Å². The summed E-state index contributed by atoms with van der Waals surface area (Å²) in [6, 6.07) is 2.39. The number of piperidine rings is 1. The number of rotatable bonds is 2. The minimum atomic E-state index is 0.126. The molecule has 1 amide bonds. The van der Waals surface area contributed by atoms with E-state index in [1.165, 1.54) is 0 Å². The highest BCUT2D eigenvalue weighted by Crippen LogP contribution is 2.21. The van der Waals surface area contributed by atoms with E-state index in [1.807, 2.05) is 28.8 Å². The molecule has 86 valence electrons. The summed E-state index contributed by atoms with van der Waals surface area (Å²) in [5, 5.41) is 4.25. The number of carbonyl (C=O) groups excluding carboxylic acids is 1. The second-order valence-corrected chi connectivity index (χ2v) is 4.04. The Hall–Kier alpha value is -1.58. The van der Waals surface area contributed by atoms with Crippen LogP contribution in [0.3, 0.4) is 0 Å². The number of hydrogen-bond acceptors (Lipinski definition) is 2. The van der Waals surface area contributed by atoms with E-state index in [9.17, 15) is 4.79 Å². The van der Waals surface area contributed by atoms with Crippen LogP contribution in [0.15, 0.2) is 30.6 Å². The van der Waals surface area contributed by atoms with Crippen molar-refractivity contribution in [3.63, 3.8) is 0 Å². The molecular formula is C12H17N3O. The van der Waals surface area contributed by atoms with Crippen molar-refractivity contribution in [3.05, 3.63) is 30.6 Å². The van der Waals surface area contributed by atoms with Crippen molar-refractivity contribution in [2.75, 3.05) is 13.1 Å². The van der Waals surface area contributed by atoms with Gasteiger partial charge in [-0.15, -0.1) is 0 Å². The van der Waals surface area contributed by atoms with Gasteiger partial charge >= 0.3 is 0 Å². The van der Waals surface area contributed by atoms with Gasteiger partial charge in [-0.1, -0.05) is 6.08 Å². The summed E-state index contributed by atoms with van der Waals surface area (Å²) < 4.78 is 2.00. The molecule has 2 rings (SSSR count). The lowest BCUT2D eigenvalue weighted by Crippen LogP contribution is -2.38. The Morgan fingerprint density at radius 1 is 1.44 bits per heavy atom. The minimum absolute atomic E-state index is 0.126. The van der Waals surface area contributed by atoms with Gasteiger partial charge in [0.25, 0.3) is 0 Å². The largest absolute Gasteiger partial charge is 0.339 e. The SMILES string of the molecule is C/C=C/C(=O)N1CCC(n2cccn2)CC1. The zero-order valence-electron chi connectivity index (χ0n) is 9.54. The number of nitrogens with zero attached hydrogens (tertiary/aromatic N) is 3. The van der Waals surface area contributed by atoms with Crippen LogP contribution in [0.2, 0.25) is 0 Å². The molecule has 0 atom stereocenters. The quantitative estimate of drug-likeness (QED) is 0.709. The van der Waals surface area contributed by atoms with Crippen molar-refractivity contribution in [3.8, 4) is 0 Å². The Morgan fingerprint density at radius 2 is 2.19 bits per heavy atom. The van der Waals surface area contributed by atoms with E-state index < -0.39 is 0 Å². The number of likely N-dealkylation sites (tertiary alicyclic amines) is 1. The molecular weight excluding hydrogens is 202 g/mol. The zero-order chi connectivity index (χ0) is 11.4. The van der Waals surface area contributed by atoms with Gasteiger partial charge in [-0.2, -0.15) is 5.10 Å². The molecule has 1 fully saturated rings. The minimum Gasteiger partial charge on any atom is -0.339 e. The Kier molecular flexibility index (Phi) is 3.39. The maximum atomic E-state index is 11.6. The maximum Gasteiger partial charge on any atom is 0.246 e. The topological polar surface area (TPSA) is 38.1 Å². The van der Waals surface area contributed by atoms with Crippen LogP contribution in [-0.4, -0.2) is 33.7 Å². The second kappa shape index (κ2) is 4.96. The zero-order valence-corrected chi connectivity index (χ0v) is 9.54. The normalized spacial score (nSPS) is 18.2. The van der Waals surface area contributed by atoms with E-state index in [0.717, 1.165) is 25.9 Å². The number of hydrogen-bond donors (Lipinski definition) is 0. The third-order valence-corrected chi connectivity index (χ3v) is 2.98. The first-order valence-corrected chi connectivity index (χ1v) is 5.72. The van der Waals surface area contributed by atoms with Gasteiger partial charge < -0.3 is 4.90 Å². The molecule has 1 aliphatic rings. The van der Waals surface area contributed by atoms with Gasteiger partial charge in [0.1, 0.15) is 0 Å². The van der Waals surface area contributed by atoms with Crippen LogP contribution in [-0.2, 0) is 4.79 Å². The van der Waals surface area contributed by atoms with Crippen LogP contribution in [0.1, 0.15) is 25.8 Å². The van der Waals surface area contributed by atoms with Crippen LogP contribution < -0.4 is 0 Å². The van der Waals surface area contributed by atoms with Crippen molar-refractivity contribution in [2.45, 2.75) is 25.8 Å². The molecule has 4 heteroatoms. The summed E-state index contributed by atoms with van der Waals surface area (Å²) in [7, 11) is 0. The predicted molar refractivity (Wildman–Crippen MR) is 61.9 cm³/mol. The van der Waals surface area contributed by atoms with Gasteiger partial charge in [0.15, 0.2) is 0 Å². The van der Waals surface area contributed by atoms with Crippen LogP contribution in [0, 0.1) is 0 Å². The van der Waals surface area contributed by atoms with Gasteiger partial charge in [0.2, 0.25) is 5.91 Å². The molecule has 1 aliphatic heterocycles. The van der Waals surface area contributed by atoms with Crippen molar-refractivity contribution in [1.82, 2.24) is 14.7 Å². The van der Waals surface area contributed by atoms with Gasteiger partial charge in [-0.3, -0.25) is 9.48 Å². The van der Waals surface area contributed by atoms with Crippen molar-refractivity contribution in [1.29, 1.82) is 0 Å². The lowest BCUT2D eigenvalue weighted by atomic mass is 10.1. The molecule has 1 aromatic heterocycles. The summed E-state index contributed by atoms with van der Waals surface area (Å²) in [5.74, 6) is 0.126. The van der Waals surface area contributed by atoms with Gasteiger partial charge in [0, 0.05) is 25.5 Å². The predicted octanol–water partition coefficient (Wildman–Crippen LogP) is 1.62. The second-order valence-electron chi connectivity index (χ2n) is 4.04. The summed E-state index contributed by atoms with van der Waals surface area (Å²) in [6.45, 7) is 3.52. The number of allylic oxidation sites excluding steroid dienone is 1. The third-order valence-electron chi connectivity index (χ3n) is 2.98. The van der Waals surface area contributed by atoms with Crippen LogP contribution in [0.4, 0.5) is 0 Å². The Bertz CT molecular complexity index is 362. The average molecular weight is 219 g/mol. The first-order valence-electron chi connectivity index (χ1n) is 5.72. The molecule has 4 nitrogen and oxygen atoms in total. The summed E-state index contributed by atoms with van der Waals surface area (Å²) >= 11 is 0. The van der Waals surface area contributed by atoms with Crippen molar-refractivity contribution < 1.29 is 4.79 Å². The fourth-order valence-corrected chi connectivity index (χ4v) is 2.10. The molecule has 2 heterocycles. The summed E-state index contributed by atoms with van der Waals surface area (Å²) in [4.78, 5) is 13.5. The maximum absolute atomic E-state index is 11.6. The number of amides is 1. The molecule has 0 aromatic carbocycles. The standard InChI is InChI=1S/C12H17N3O/c1-2-4-12(16)14-9-5-11(6-10-14)15-8-3-7-13-15/h2-4,7-8,11H,5-6,9-10H2,1H3/b4-2+. The smallest absolute Gasteiger partial charge is 0.246 e. The van der Waals surface area contributed by atoms with E-state index in [0.29, 0.717) is 6.04 Å². The highest BCUT2D eigenvalue weighted by atomic mass is 16.2. The fourth-order valence-electron chi connectivity index (χ4n) is 2.10. The molecule has 1 saturated heterocycles. The van der Waals surface area contributed by atoms with Crippen LogP contribution in [0.25, 0.3) is 0 Å². The molecule has 0 N–H and O–H groups in total. The average Bonchev–Trinajstić information content (AvgIpc) is 2.83. The number of carbonyl (C=O) groups is 1. The van der Waals surface area contributed by atoms with Crippen LogP contribution in [0.5, 0.6) is 0 Å². The first-order chi connectivity index (χ1) is 7.81. The summed E-state index contributed by atoms with van der Waals surface area (Å²) in [5.41, 5.74) is 0. The molecule has 0 radical (unpaired) electrons. The lowest BCUT2D eigenvalue weighted by Gasteiger charge is -2.31. The Morgan fingerprint density at radius 3 is 2.75 bits per heavy atom. The lowest BCUT2D eigenvalue weighted by molar-refractivity contribution is -0.127. The molecule has 1 aromatic rings. The van der Waals surface area contributed by atoms with Crippen molar-refractivity contribution >= 4 is 5.91 Å². The molecule has 0 bridgehead atoms. The highest BCUT2D eigenvalue weighted by molar-refractivity contribution is 5.87. The van der Waals surface area contributed by atoms with E-state index >= 15 is 0 Å². The monoisotopic (exact) mass is 219 g/mol. The van der Waals surface area contributed by atoms with E-state index in [2.05, 4.69) is 5.10 Å². The molecule has 0 unspecified atom stereocenters. The number of aromatic nitrogens is 2. The van der Waals surface area contributed by atoms with Gasteiger partial charge in [-0.05, 0) is 31.9 Å². The van der Waals surface area contributed by atoms with E-state index in [1.54, 1.807) is 18.3 Å². The Balaban J connectivity index is 1.90. The Labute approximate surface area is 95.5 Å². The molecule has 16 heavy (non-hydrogen) atoms. The molecule has 0 aliphatic carbocycles.